The van der Waals surface area contributed by atoms with Crippen molar-refractivity contribution in [2.45, 2.75) is 32.0 Å². The van der Waals surface area contributed by atoms with Crippen molar-refractivity contribution in [2.75, 3.05) is 33.4 Å². The number of rotatable bonds is 7. The minimum absolute atomic E-state index is 0.0957. The number of hydrogen-bond acceptors (Lipinski definition) is 4. The summed E-state index contributed by atoms with van der Waals surface area (Å²) in [6.45, 7) is 3.41. The second-order valence-corrected chi connectivity index (χ2v) is 5.64. The Morgan fingerprint density at radius 3 is 2.82 bits per heavy atom. The van der Waals surface area contributed by atoms with Gasteiger partial charge in [0.15, 0.2) is 0 Å². The van der Waals surface area contributed by atoms with E-state index in [0.29, 0.717) is 19.8 Å². The second kappa shape index (κ2) is 8.88. The molecule has 0 saturated carbocycles. The second-order valence-electron chi connectivity index (χ2n) is 5.64. The highest BCUT2D eigenvalue weighted by atomic mass is 16.5. The van der Waals surface area contributed by atoms with Gasteiger partial charge in [-0.3, -0.25) is 4.79 Å². The molecule has 2 N–H and O–H groups in total. The van der Waals surface area contributed by atoms with Crippen LogP contribution < -0.4 is 5.73 Å². The molecular weight excluding hydrogens is 280 g/mol. The van der Waals surface area contributed by atoms with Crippen molar-refractivity contribution in [3.8, 4) is 0 Å². The van der Waals surface area contributed by atoms with Gasteiger partial charge in [0.05, 0.1) is 12.7 Å². The van der Waals surface area contributed by atoms with Crippen molar-refractivity contribution in [3.63, 3.8) is 0 Å². The molecule has 0 aliphatic carbocycles. The highest BCUT2D eigenvalue weighted by Gasteiger charge is 2.24. The molecule has 1 aromatic rings. The van der Waals surface area contributed by atoms with Gasteiger partial charge in [-0.2, -0.15) is 0 Å². The quantitative estimate of drug-likeness (QED) is 0.780. The first kappa shape index (κ1) is 16.9. The van der Waals surface area contributed by atoms with E-state index in [9.17, 15) is 4.79 Å². The van der Waals surface area contributed by atoms with Crippen LogP contribution in [-0.4, -0.2) is 50.3 Å². The molecule has 1 aliphatic heterocycles. The first-order chi connectivity index (χ1) is 10.7. The Kier molecular flexibility index (Phi) is 6.83. The Morgan fingerprint density at radius 2 is 2.14 bits per heavy atom. The van der Waals surface area contributed by atoms with E-state index in [1.165, 1.54) is 0 Å². The predicted octanol–water partition coefficient (Wildman–Crippen LogP) is 1.80. The summed E-state index contributed by atoms with van der Waals surface area (Å²) in [5.74, 6) is 0.0957. The lowest BCUT2D eigenvalue weighted by Gasteiger charge is -2.32. The summed E-state index contributed by atoms with van der Waals surface area (Å²) in [4.78, 5) is 14.5. The first-order valence-electron chi connectivity index (χ1n) is 7.93. The van der Waals surface area contributed by atoms with Crippen molar-refractivity contribution in [1.29, 1.82) is 0 Å². The van der Waals surface area contributed by atoms with E-state index < -0.39 is 0 Å². The summed E-state index contributed by atoms with van der Waals surface area (Å²) < 4.78 is 10.9. The summed E-state index contributed by atoms with van der Waals surface area (Å²) in [5, 5.41) is 0. The number of hydrogen-bond donors (Lipinski definition) is 1. The minimum Gasteiger partial charge on any atom is -0.380 e. The van der Waals surface area contributed by atoms with Gasteiger partial charge in [-0.15, -0.1) is 0 Å². The average molecular weight is 306 g/mol. The third kappa shape index (κ3) is 4.80. The standard InChI is InChI=1S/C17H26N2O3/c1-21-13-14-4-2-5-15(12-14)17(20)19-9-6-16(7-10-19)22-11-3-8-18/h2,4-5,12,16H,3,6-11,13,18H2,1H3. The molecule has 122 valence electrons. The molecule has 0 spiro atoms. The molecule has 0 atom stereocenters. The van der Waals surface area contributed by atoms with Crippen LogP contribution in [0.2, 0.25) is 0 Å². The van der Waals surface area contributed by atoms with Crippen molar-refractivity contribution >= 4 is 5.91 Å². The Bertz CT molecular complexity index is 471. The van der Waals surface area contributed by atoms with Crippen LogP contribution in [0.1, 0.15) is 35.2 Å². The highest BCUT2D eigenvalue weighted by Crippen LogP contribution is 2.17. The SMILES string of the molecule is COCc1cccc(C(=O)N2CCC(OCCCN)CC2)c1. The van der Waals surface area contributed by atoms with E-state index in [0.717, 1.165) is 43.5 Å². The highest BCUT2D eigenvalue weighted by molar-refractivity contribution is 5.94. The number of carbonyl (C=O) groups excluding carboxylic acids is 1. The molecule has 22 heavy (non-hydrogen) atoms. The van der Waals surface area contributed by atoms with Gasteiger partial charge in [0.25, 0.3) is 5.91 Å². The Morgan fingerprint density at radius 1 is 1.36 bits per heavy atom. The fraction of sp³-hybridized carbons (Fsp3) is 0.588. The largest absolute Gasteiger partial charge is 0.380 e. The minimum atomic E-state index is 0.0957. The molecule has 1 fully saturated rings. The van der Waals surface area contributed by atoms with E-state index in [2.05, 4.69) is 0 Å². The smallest absolute Gasteiger partial charge is 0.253 e. The zero-order valence-corrected chi connectivity index (χ0v) is 13.3. The molecule has 5 nitrogen and oxygen atoms in total. The van der Waals surface area contributed by atoms with Gasteiger partial charge in [-0.25, -0.2) is 0 Å². The normalized spacial score (nSPS) is 16.0. The Hall–Kier alpha value is -1.43. The summed E-state index contributed by atoms with van der Waals surface area (Å²) >= 11 is 0. The maximum atomic E-state index is 12.6. The molecule has 1 aliphatic rings. The zero-order chi connectivity index (χ0) is 15.8. The molecule has 0 radical (unpaired) electrons. The molecule has 0 aromatic heterocycles. The van der Waals surface area contributed by atoms with Gasteiger partial charge in [-0.05, 0) is 43.5 Å². The molecule has 1 aromatic carbocycles. The molecule has 0 unspecified atom stereocenters. The van der Waals surface area contributed by atoms with Crippen molar-refractivity contribution in [1.82, 2.24) is 4.90 Å². The van der Waals surface area contributed by atoms with Gasteiger partial charge in [0.2, 0.25) is 0 Å². The number of benzene rings is 1. The lowest BCUT2D eigenvalue weighted by Crippen LogP contribution is -2.41. The van der Waals surface area contributed by atoms with Gasteiger partial charge in [0.1, 0.15) is 0 Å². The summed E-state index contributed by atoms with van der Waals surface area (Å²) in [6, 6.07) is 7.66. The first-order valence-corrected chi connectivity index (χ1v) is 7.93. The fourth-order valence-corrected chi connectivity index (χ4v) is 2.70. The lowest BCUT2D eigenvalue weighted by molar-refractivity contribution is 0.00844. The van der Waals surface area contributed by atoms with Crippen LogP contribution in [0.25, 0.3) is 0 Å². The van der Waals surface area contributed by atoms with E-state index in [1.807, 2.05) is 29.2 Å². The lowest BCUT2D eigenvalue weighted by atomic mass is 10.1. The summed E-state index contributed by atoms with van der Waals surface area (Å²) in [5.41, 5.74) is 7.22. The topological polar surface area (TPSA) is 64.8 Å². The molecular formula is C17H26N2O3. The number of ether oxygens (including phenoxy) is 2. The number of methoxy groups -OCH3 is 1. The monoisotopic (exact) mass is 306 g/mol. The number of nitrogens with two attached hydrogens (primary N) is 1. The molecule has 1 amide bonds. The molecule has 1 heterocycles. The number of amides is 1. The van der Waals surface area contributed by atoms with Crippen LogP contribution >= 0.6 is 0 Å². The Labute approximate surface area is 132 Å². The van der Waals surface area contributed by atoms with Gasteiger partial charge in [-0.1, -0.05) is 12.1 Å². The van der Waals surface area contributed by atoms with E-state index in [4.69, 9.17) is 15.2 Å². The molecule has 0 bridgehead atoms. The van der Waals surface area contributed by atoms with Gasteiger partial charge < -0.3 is 20.1 Å². The van der Waals surface area contributed by atoms with Crippen LogP contribution in [0.3, 0.4) is 0 Å². The number of piperidine rings is 1. The zero-order valence-electron chi connectivity index (χ0n) is 13.3. The van der Waals surface area contributed by atoms with E-state index in [-0.39, 0.29) is 12.0 Å². The molecule has 5 heteroatoms. The maximum absolute atomic E-state index is 12.6. The van der Waals surface area contributed by atoms with E-state index >= 15 is 0 Å². The summed E-state index contributed by atoms with van der Waals surface area (Å²) in [6.07, 6.45) is 2.95. The third-order valence-corrected chi connectivity index (χ3v) is 3.92. The van der Waals surface area contributed by atoms with Crippen molar-refractivity contribution in [3.05, 3.63) is 35.4 Å². The van der Waals surface area contributed by atoms with Crippen molar-refractivity contribution < 1.29 is 14.3 Å². The van der Waals surface area contributed by atoms with Crippen LogP contribution in [-0.2, 0) is 16.1 Å². The van der Waals surface area contributed by atoms with Crippen LogP contribution in [0.4, 0.5) is 0 Å². The van der Waals surface area contributed by atoms with E-state index in [1.54, 1.807) is 7.11 Å². The Balaban J connectivity index is 1.85. The van der Waals surface area contributed by atoms with Crippen LogP contribution in [0, 0.1) is 0 Å². The fourth-order valence-electron chi connectivity index (χ4n) is 2.70. The molecule has 2 rings (SSSR count). The van der Waals surface area contributed by atoms with Crippen LogP contribution in [0.15, 0.2) is 24.3 Å². The van der Waals surface area contributed by atoms with Gasteiger partial charge in [0, 0.05) is 32.4 Å². The number of carbonyl (C=O) groups is 1. The predicted molar refractivity (Wildman–Crippen MR) is 85.7 cm³/mol. The number of nitrogens with zero attached hydrogens (tertiary/aromatic N) is 1. The maximum Gasteiger partial charge on any atom is 0.253 e. The molecule has 1 saturated heterocycles. The van der Waals surface area contributed by atoms with Gasteiger partial charge >= 0.3 is 0 Å². The summed E-state index contributed by atoms with van der Waals surface area (Å²) in [7, 11) is 1.66. The number of likely N-dealkylation sites (tertiary alicyclic amines) is 1. The van der Waals surface area contributed by atoms with Crippen LogP contribution in [0.5, 0.6) is 0 Å². The van der Waals surface area contributed by atoms with Crippen molar-refractivity contribution in [2.24, 2.45) is 5.73 Å². The third-order valence-electron chi connectivity index (χ3n) is 3.92. The average Bonchev–Trinajstić information content (AvgIpc) is 2.56.